The highest BCUT2D eigenvalue weighted by Crippen LogP contribution is 2.48. The van der Waals surface area contributed by atoms with Gasteiger partial charge in [0.05, 0.1) is 23.9 Å². The molecule has 1 saturated carbocycles. The molecule has 7 rings (SSSR count). The van der Waals surface area contributed by atoms with Crippen LogP contribution in [0.5, 0.6) is 0 Å². The first-order valence-electron chi connectivity index (χ1n) is 14.9. The number of oxazole rings is 1. The van der Waals surface area contributed by atoms with E-state index in [1.807, 2.05) is 40.7 Å². The Labute approximate surface area is 259 Å². The van der Waals surface area contributed by atoms with E-state index in [4.69, 9.17) is 9.41 Å². The summed E-state index contributed by atoms with van der Waals surface area (Å²) in [6, 6.07) is 4.89. The van der Waals surface area contributed by atoms with Gasteiger partial charge in [-0.1, -0.05) is 53.0 Å². The van der Waals surface area contributed by atoms with Gasteiger partial charge < -0.3 is 9.73 Å². The quantitative estimate of drug-likeness (QED) is 0.245. The second-order valence-corrected chi connectivity index (χ2v) is 11.9. The summed E-state index contributed by atoms with van der Waals surface area (Å²) in [7, 11) is 0. The molecule has 1 aliphatic carbocycles. The SMILES string of the molecule is C.CC.CC.Cc1sc2c(c1C)C(c1ccc(C#CC3CC4(CNC4)C3)c(F)c1)=NC(Cc1ncco1)c1nnc(C)n1-2. The molecule has 1 spiro atoms. The van der Waals surface area contributed by atoms with Gasteiger partial charge in [0.1, 0.15) is 28.9 Å². The minimum Gasteiger partial charge on any atom is -0.449 e. The molecule has 1 aromatic carbocycles. The van der Waals surface area contributed by atoms with E-state index in [0.29, 0.717) is 34.8 Å². The average molecular weight is 603 g/mol. The van der Waals surface area contributed by atoms with Crippen molar-refractivity contribution in [1.82, 2.24) is 25.1 Å². The number of thiophene rings is 1. The van der Waals surface area contributed by atoms with Crippen LogP contribution < -0.4 is 5.32 Å². The first kappa shape index (κ1) is 32.3. The number of halogens is 1. The Balaban J connectivity index is 0.000000814. The number of nitrogens with zero attached hydrogens (tertiary/aromatic N) is 5. The van der Waals surface area contributed by atoms with Crippen molar-refractivity contribution >= 4 is 17.0 Å². The third kappa shape index (κ3) is 5.96. The zero-order valence-corrected chi connectivity index (χ0v) is 26.3. The van der Waals surface area contributed by atoms with Gasteiger partial charge in [0.2, 0.25) is 0 Å². The average Bonchev–Trinajstić information content (AvgIpc) is 3.65. The molecule has 1 unspecified atom stereocenters. The van der Waals surface area contributed by atoms with Gasteiger partial charge in [-0.3, -0.25) is 9.56 Å². The minimum atomic E-state index is -0.390. The molecule has 1 atom stereocenters. The van der Waals surface area contributed by atoms with Crippen LogP contribution in [-0.4, -0.2) is 38.5 Å². The van der Waals surface area contributed by atoms with E-state index in [-0.39, 0.29) is 13.2 Å². The second-order valence-electron chi connectivity index (χ2n) is 10.7. The molecular formula is C34H43FN6OS. The van der Waals surface area contributed by atoms with Crippen LogP contribution in [0, 0.1) is 49.8 Å². The molecule has 3 aromatic heterocycles. The highest BCUT2D eigenvalue weighted by Gasteiger charge is 2.47. The Morgan fingerprint density at radius 2 is 1.86 bits per heavy atom. The van der Waals surface area contributed by atoms with Crippen molar-refractivity contribution in [2.24, 2.45) is 16.3 Å². The molecule has 228 valence electrons. The van der Waals surface area contributed by atoms with Crippen molar-refractivity contribution < 1.29 is 8.81 Å². The summed E-state index contributed by atoms with van der Waals surface area (Å²) in [5, 5.41) is 13.2. The molecule has 1 N–H and O–H groups in total. The lowest BCUT2D eigenvalue weighted by atomic mass is 9.59. The van der Waals surface area contributed by atoms with Crippen LogP contribution in [0.4, 0.5) is 4.39 Å². The molecule has 0 amide bonds. The fourth-order valence-electron chi connectivity index (χ4n) is 5.84. The molecule has 4 aromatic rings. The lowest BCUT2D eigenvalue weighted by Gasteiger charge is -2.53. The monoisotopic (exact) mass is 602 g/mol. The third-order valence-electron chi connectivity index (χ3n) is 8.10. The second kappa shape index (κ2) is 13.4. The molecule has 0 radical (unpaired) electrons. The van der Waals surface area contributed by atoms with E-state index in [1.165, 1.54) is 4.88 Å². The lowest BCUT2D eigenvalue weighted by Crippen LogP contribution is -2.59. The number of hydrogen-bond acceptors (Lipinski definition) is 7. The Kier molecular flexibility index (Phi) is 10.0. The number of aryl methyl sites for hydroxylation is 2. The van der Waals surface area contributed by atoms with Crippen molar-refractivity contribution in [3.8, 4) is 16.8 Å². The number of fused-ring (bicyclic) bond motifs is 3. The maximum absolute atomic E-state index is 15.4. The normalized spacial score (nSPS) is 17.5. The van der Waals surface area contributed by atoms with Crippen molar-refractivity contribution in [3.05, 3.63) is 81.1 Å². The van der Waals surface area contributed by atoms with Gasteiger partial charge >= 0.3 is 0 Å². The number of nitrogens with one attached hydrogen (secondary N) is 1. The van der Waals surface area contributed by atoms with Gasteiger partial charge in [-0.25, -0.2) is 9.37 Å². The predicted molar refractivity (Wildman–Crippen MR) is 173 cm³/mol. The van der Waals surface area contributed by atoms with Crippen LogP contribution in [0.25, 0.3) is 5.00 Å². The Hall–Kier alpha value is -3.61. The number of benzene rings is 1. The van der Waals surface area contributed by atoms with Crippen molar-refractivity contribution in [2.45, 2.75) is 81.2 Å². The van der Waals surface area contributed by atoms with Gasteiger partial charge in [0, 0.05) is 35.0 Å². The first-order valence-corrected chi connectivity index (χ1v) is 15.7. The van der Waals surface area contributed by atoms with Crippen LogP contribution in [0.15, 0.2) is 40.1 Å². The smallest absolute Gasteiger partial charge is 0.196 e. The topological polar surface area (TPSA) is 81.1 Å². The Bertz CT molecular complexity index is 1640. The zero-order chi connectivity index (χ0) is 30.0. The first-order chi connectivity index (χ1) is 20.4. The van der Waals surface area contributed by atoms with E-state index < -0.39 is 6.04 Å². The van der Waals surface area contributed by atoms with Crippen LogP contribution in [0.2, 0.25) is 0 Å². The summed E-state index contributed by atoms with van der Waals surface area (Å²) in [6.07, 6.45) is 5.82. The van der Waals surface area contributed by atoms with Crippen molar-refractivity contribution in [1.29, 1.82) is 0 Å². The highest BCUT2D eigenvalue weighted by atomic mass is 32.1. The van der Waals surface area contributed by atoms with Crippen LogP contribution >= 0.6 is 11.3 Å². The zero-order valence-electron chi connectivity index (χ0n) is 25.5. The number of aromatic nitrogens is 4. The Morgan fingerprint density at radius 3 is 2.49 bits per heavy atom. The summed E-state index contributed by atoms with van der Waals surface area (Å²) in [5.74, 6) is 8.51. The highest BCUT2D eigenvalue weighted by molar-refractivity contribution is 7.15. The standard InChI is InChI=1S/C29H27FN6OS.2C2H6.CH4/c1-16-17(2)38-28-25(16)26(33-23(11-24-32-8-9-37-24)27-35-34-18(3)36(27)28)21-7-6-20(22(30)10-21)5-4-19-12-29(13-19)14-31-15-29;2*1-2;/h6-10,19,23,31H,11-15H2,1-3H3;2*1-2H3;1H4. The van der Waals surface area contributed by atoms with Gasteiger partial charge in [-0.05, 0) is 56.7 Å². The van der Waals surface area contributed by atoms with Gasteiger partial charge in [0.15, 0.2) is 11.7 Å². The van der Waals surface area contributed by atoms with Gasteiger partial charge in [-0.15, -0.1) is 21.5 Å². The maximum atomic E-state index is 15.4. The molecule has 5 heterocycles. The van der Waals surface area contributed by atoms with Gasteiger partial charge in [-0.2, -0.15) is 0 Å². The molecule has 2 aliphatic heterocycles. The molecule has 7 nitrogen and oxygen atoms in total. The molecular weight excluding hydrogens is 559 g/mol. The van der Waals surface area contributed by atoms with Crippen LogP contribution in [0.1, 0.15) is 98.7 Å². The number of aliphatic imine (C=N–C) groups is 1. The molecule has 1 saturated heterocycles. The van der Waals surface area contributed by atoms with E-state index in [1.54, 1.807) is 35.9 Å². The van der Waals surface area contributed by atoms with Crippen molar-refractivity contribution in [2.75, 3.05) is 13.1 Å². The molecule has 3 aliphatic rings. The fraction of sp³-hybridized carbons (Fsp3) is 0.471. The largest absolute Gasteiger partial charge is 0.449 e. The van der Waals surface area contributed by atoms with Gasteiger partial charge in [0.25, 0.3) is 0 Å². The van der Waals surface area contributed by atoms with E-state index in [2.05, 4.69) is 50.8 Å². The number of hydrogen-bond donors (Lipinski definition) is 1. The number of rotatable bonds is 3. The summed E-state index contributed by atoms with van der Waals surface area (Å²) < 4.78 is 23.1. The predicted octanol–water partition coefficient (Wildman–Crippen LogP) is 7.56. The van der Waals surface area contributed by atoms with E-state index >= 15 is 4.39 Å². The van der Waals surface area contributed by atoms with E-state index in [0.717, 1.165) is 59.4 Å². The summed E-state index contributed by atoms with van der Waals surface area (Å²) >= 11 is 1.68. The van der Waals surface area contributed by atoms with Crippen LogP contribution in [-0.2, 0) is 6.42 Å². The summed E-state index contributed by atoms with van der Waals surface area (Å²) in [4.78, 5) is 10.7. The third-order valence-corrected chi connectivity index (χ3v) is 9.30. The van der Waals surface area contributed by atoms with Crippen molar-refractivity contribution in [3.63, 3.8) is 0 Å². The molecule has 43 heavy (non-hydrogen) atoms. The minimum absolute atomic E-state index is 0. The molecule has 2 fully saturated rings. The fourth-order valence-corrected chi connectivity index (χ4v) is 7.06. The molecule has 9 heteroatoms. The maximum Gasteiger partial charge on any atom is 0.196 e. The Morgan fingerprint density at radius 1 is 1.12 bits per heavy atom. The summed E-state index contributed by atoms with van der Waals surface area (Å²) in [6.45, 7) is 16.3. The summed E-state index contributed by atoms with van der Waals surface area (Å²) in [5.41, 5.74) is 4.44. The van der Waals surface area contributed by atoms with E-state index in [9.17, 15) is 0 Å². The lowest BCUT2D eigenvalue weighted by molar-refractivity contribution is 0.0266. The van der Waals surface area contributed by atoms with Crippen LogP contribution in [0.3, 0.4) is 0 Å². The molecule has 0 bridgehead atoms.